The van der Waals surface area contributed by atoms with Crippen LogP contribution >= 0.6 is 11.6 Å². The van der Waals surface area contributed by atoms with E-state index in [1.807, 2.05) is 16.7 Å². The number of hydrogen-bond acceptors (Lipinski definition) is 4. The molecule has 2 aromatic carbocycles. The lowest BCUT2D eigenvalue weighted by molar-refractivity contribution is 0.0940. The van der Waals surface area contributed by atoms with Crippen LogP contribution in [-0.4, -0.2) is 22.2 Å². The van der Waals surface area contributed by atoms with Crippen molar-refractivity contribution in [1.29, 1.82) is 0 Å². The van der Waals surface area contributed by atoms with E-state index in [0.717, 1.165) is 31.2 Å². The summed E-state index contributed by atoms with van der Waals surface area (Å²) in [6.07, 6.45) is 3.51. The summed E-state index contributed by atoms with van der Waals surface area (Å²) >= 11 is 6.52. The summed E-state index contributed by atoms with van der Waals surface area (Å²) in [4.78, 5) is 26.0. The highest BCUT2D eigenvalue weighted by atomic mass is 35.5. The third kappa shape index (κ3) is 3.91. The third-order valence-corrected chi connectivity index (χ3v) is 6.87. The van der Waals surface area contributed by atoms with Gasteiger partial charge in [-0.15, -0.1) is 0 Å². The van der Waals surface area contributed by atoms with Crippen molar-refractivity contribution >= 4 is 39.4 Å². The molecule has 5 rings (SSSR count). The highest BCUT2D eigenvalue weighted by Crippen LogP contribution is 2.37. The van der Waals surface area contributed by atoms with Crippen LogP contribution in [0.25, 0.3) is 21.9 Å². The molecule has 6 nitrogen and oxygen atoms in total. The normalized spacial score (nSPS) is 18.6. The molecule has 1 aliphatic carbocycles. The van der Waals surface area contributed by atoms with Crippen molar-refractivity contribution in [2.45, 2.75) is 38.6 Å². The molecule has 0 bridgehead atoms. The molecule has 2 aromatic heterocycles. The first-order valence-corrected chi connectivity index (χ1v) is 11.4. The minimum Gasteiger partial charge on any atom is -0.355 e. The number of carbonyl (C=O) groups is 1. The van der Waals surface area contributed by atoms with E-state index in [0.29, 0.717) is 39.2 Å². The second-order valence-corrected chi connectivity index (χ2v) is 9.09. The second-order valence-electron chi connectivity index (χ2n) is 8.68. The highest BCUT2D eigenvalue weighted by Gasteiger charge is 2.28. The minimum absolute atomic E-state index is 0.0290. The van der Waals surface area contributed by atoms with Crippen molar-refractivity contribution in [1.82, 2.24) is 15.0 Å². The van der Waals surface area contributed by atoms with E-state index in [-0.39, 0.29) is 29.2 Å². The molecular weight excluding hydrogens is 445 g/mol. The Kier molecular flexibility index (Phi) is 5.66. The van der Waals surface area contributed by atoms with E-state index in [4.69, 9.17) is 16.1 Å². The molecule has 2 atom stereocenters. The van der Waals surface area contributed by atoms with Gasteiger partial charge in [0.2, 0.25) is 0 Å². The Morgan fingerprint density at radius 3 is 2.79 bits per heavy atom. The van der Waals surface area contributed by atoms with E-state index in [1.54, 1.807) is 13.0 Å². The molecule has 0 spiro atoms. The fourth-order valence-electron chi connectivity index (χ4n) is 4.95. The first-order valence-electron chi connectivity index (χ1n) is 11.1. The van der Waals surface area contributed by atoms with E-state index >= 15 is 0 Å². The maximum absolute atomic E-state index is 13.5. The summed E-state index contributed by atoms with van der Waals surface area (Å²) in [5, 5.41) is 8.65. The maximum atomic E-state index is 13.5. The Balaban J connectivity index is 1.44. The number of fused-ring (bicyclic) bond motifs is 3. The van der Waals surface area contributed by atoms with Crippen molar-refractivity contribution in [3.63, 3.8) is 0 Å². The Hall–Kier alpha value is -3.19. The lowest BCUT2D eigenvalue weighted by Gasteiger charge is -2.31. The SMILES string of the molecule is Cc1noc2c1c(=O)n([C@@H]1CCC[C@H](CNC(=O)c3ccc(F)cc3)C1)c1cccc(Cl)c21. The van der Waals surface area contributed by atoms with Gasteiger partial charge in [0.1, 0.15) is 11.2 Å². The Bertz CT molecular complexity index is 1410. The molecule has 1 fully saturated rings. The van der Waals surface area contributed by atoms with Crippen LogP contribution in [0.4, 0.5) is 4.39 Å². The summed E-state index contributed by atoms with van der Waals surface area (Å²) in [5.74, 6) is -0.388. The van der Waals surface area contributed by atoms with Gasteiger partial charge in [-0.3, -0.25) is 9.59 Å². The topological polar surface area (TPSA) is 77.1 Å². The monoisotopic (exact) mass is 467 g/mol. The van der Waals surface area contributed by atoms with E-state index in [1.165, 1.54) is 24.3 Å². The van der Waals surface area contributed by atoms with Crippen LogP contribution in [0.15, 0.2) is 51.8 Å². The van der Waals surface area contributed by atoms with Crippen molar-refractivity contribution in [3.05, 3.63) is 74.9 Å². The Labute approximate surface area is 194 Å². The molecule has 4 aromatic rings. The molecule has 8 heteroatoms. The van der Waals surface area contributed by atoms with Gasteiger partial charge in [0.15, 0.2) is 5.58 Å². The number of pyridine rings is 1. The number of nitrogens with one attached hydrogen (secondary N) is 1. The number of nitrogens with zero attached hydrogens (tertiary/aromatic N) is 2. The number of halogens is 2. The molecule has 0 aliphatic heterocycles. The number of aromatic nitrogens is 2. The van der Waals surface area contributed by atoms with Gasteiger partial charge in [-0.05, 0) is 68.5 Å². The number of amides is 1. The summed E-state index contributed by atoms with van der Waals surface area (Å²) in [5.41, 5.74) is 2.00. The van der Waals surface area contributed by atoms with Gasteiger partial charge in [0, 0.05) is 18.2 Å². The smallest absolute Gasteiger partial charge is 0.264 e. The summed E-state index contributed by atoms with van der Waals surface area (Å²) < 4.78 is 20.4. The first-order chi connectivity index (χ1) is 15.9. The lowest BCUT2D eigenvalue weighted by Crippen LogP contribution is -2.34. The molecular formula is C25H23ClFN3O3. The van der Waals surface area contributed by atoms with Crippen LogP contribution in [0.2, 0.25) is 5.02 Å². The zero-order chi connectivity index (χ0) is 23.1. The molecule has 1 N–H and O–H groups in total. The molecule has 170 valence electrons. The van der Waals surface area contributed by atoms with Gasteiger partial charge in [-0.2, -0.15) is 0 Å². The average Bonchev–Trinajstić information content (AvgIpc) is 3.20. The first kappa shape index (κ1) is 21.6. The molecule has 0 unspecified atom stereocenters. The molecule has 0 saturated heterocycles. The zero-order valence-electron chi connectivity index (χ0n) is 18.1. The van der Waals surface area contributed by atoms with Crippen LogP contribution in [0.1, 0.15) is 47.8 Å². The molecule has 2 heterocycles. The van der Waals surface area contributed by atoms with Gasteiger partial charge in [-0.1, -0.05) is 29.2 Å². The van der Waals surface area contributed by atoms with Gasteiger partial charge in [-0.25, -0.2) is 4.39 Å². The molecule has 0 radical (unpaired) electrons. The van der Waals surface area contributed by atoms with Crippen LogP contribution < -0.4 is 10.9 Å². The average molecular weight is 468 g/mol. The van der Waals surface area contributed by atoms with Gasteiger partial charge >= 0.3 is 0 Å². The molecule has 1 amide bonds. The quantitative estimate of drug-likeness (QED) is 0.435. The molecule has 1 saturated carbocycles. The maximum Gasteiger partial charge on any atom is 0.264 e. The predicted molar refractivity (Wildman–Crippen MR) is 125 cm³/mol. The van der Waals surface area contributed by atoms with E-state index in [9.17, 15) is 14.0 Å². The van der Waals surface area contributed by atoms with Crippen molar-refractivity contribution < 1.29 is 13.7 Å². The van der Waals surface area contributed by atoms with Crippen LogP contribution in [-0.2, 0) is 0 Å². The minimum atomic E-state index is -0.375. The highest BCUT2D eigenvalue weighted by molar-refractivity contribution is 6.37. The van der Waals surface area contributed by atoms with Crippen LogP contribution in [0, 0.1) is 18.7 Å². The predicted octanol–water partition coefficient (Wildman–Crippen LogP) is 5.40. The van der Waals surface area contributed by atoms with Crippen molar-refractivity contribution in [2.24, 2.45) is 5.92 Å². The molecule has 33 heavy (non-hydrogen) atoms. The third-order valence-electron chi connectivity index (χ3n) is 6.55. The van der Waals surface area contributed by atoms with Crippen LogP contribution in [0.3, 0.4) is 0 Å². The lowest BCUT2D eigenvalue weighted by atomic mass is 9.85. The second kappa shape index (κ2) is 8.63. The Morgan fingerprint density at radius 1 is 1.21 bits per heavy atom. The van der Waals surface area contributed by atoms with E-state index in [2.05, 4.69) is 10.5 Å². The largest absolute Gasteiger partial charge is 0.355 e. The fourth-order valence-corrected chi connectivity index (χ4v) is 5.20. The van der Waals surface area contributed by atoms with Gasteiger partial charge < -0.3 is 14.4 Å². The van der Waals surface area contributed by atoms with Crippen LogP contribution in [0.5, 0.6) is 0 Å². The summed E-state index contributed by atoms with van der Waals surface area (Å²) in [7, 11) is 0. The van der Waals surface area contributed by atoms with Gasteiger partial charge in [0.25, 0.3) is 11.5 Å². The number of rotatable bonds is 4. The van der Waals surface area contributed by atoms with Gasteiger partial charge in [0.05, 0.1) is 21.6 Å². The molecule has 1 aliphatic rings. The number of aryl methyl sites for hydroxylation is 1. The van der Waals surface area contributed by atoms with Crippen molar-refractivity contribution in [2.75, 3.05) is 6.54 Å². The number of carbonyl (C=O) groups excluding carboxylic acids is 1. The van der Waals surface area contributed by atoms with Crippen molar-refractivity contribution in [3.8, 4) is 0 Å². The zero-order valence-corrected chi connectivity index (χ0v) is 18.9. The summed E-state index contributed by atoms with van der Waals surface area (Å²) in [6, 6.07) is 11.0. The number of benzene rings is 2. The Morgan fingerprint density at radius 2 is 2.00 bits per heavy atom. The van der Waals surface area contributed by atoms with E-state index < -0.39 is 0 Å². The standard InChI is InChI=1S/C25H23ClFN3O3/c1-14-21-23(33-29-14)22-19(26)6-3-7-20(22)30(25(21)32)18-5-2-4-15(12-18)13-28-24(31)16-8-10-17(27)11-9-16/h3,6-11,15,18H,2,4-5,12-13H2,1H3,(H,28,31)/t15-,18+/m0/s1. The number of hydrogen-bond donors (Lipinski definition) is 1. The fraction of sp³-hybridized carbons (Fsp3) is 0.320. The summed E-state index contributed by atoms with van der Waals surface area (Å²) in [6.45, 7) is 2.25.